The zero-order valence-electron chi connectivity index (χ0n) is 9.94. The molecule has 0 N–H and O–H groups in total. The first kappa shape index (κ1) is 13.3. The molecule has 1 heterocycles. The molecule has 0 saturated heterocycles. The van der Waals surface area contributed by atoms with Gasteiger partial charge in [0.05, 0.1) is 14.2 Å². The molecule has 0 saturated carbocycles. The van der Waals surface area contributed by atoms with Gasteiger partial charge in [0.2, 0.25) is 0 Å². The van der Waals surface area contributed by atoms with Crippen molar-refractivity contribution in [1.29, 1.82) is 0 Å². The number of methoxy groups -OCH3 is 2. The summed E-state index contributed by atoms with van der Waals surface area (Å²) in [6.07, 6.45) is 0. The second-order valence-corrected chi connectivity index (χ2v) is 4.83. The third kappa shape index (κ3) is 2.65. The zero-order chi connectivity index (χ0) is 13.1. The number of halogens is 2. The Balaban J connectivity index is 2.41. The molecule has 0 fully saturated rings. The molecule has 0 spiro atoms. The molecule has 2 rings (SSSR count). The van der Waals surface area contributed by atoms with Crippen LogP contribution >= 0.6 is 27.5 Å². The van der Waals surface area contributed by atoms with Crippen LogP contribution in [0.4, 0.5) is 0 Å². The van der Waals surface area contributed by atoms with Crippen LogP contribution in [0, 0.1) is 0 Å². The highest BCUT2D eigenvalue weighted by Crippen LogP contribution is 2.38. The van der Waals surface area contributed by atoms with Gasteiger partial charge in [0, 0.05) is 5.56 Å². The van der Waals surface area contributed by atoms with E-state index in [4.69, 9.17) is 25.5 Å². The maximum atomic E-state index is 6.41. The van der Waals surface area contributed by atoms with Gasteiger partial charge in [0.25, 0.3) is 0 Å². The predicted molar refractivity (Wildman–Crippen MR) is 73.7 cm³/mol. The Morgan fingerprint density at radius 3 is 2.50 bits per heavy atom. The van der Waals surface area contributed by atoms with Gasteiger partial charge in [-0.1, -0.05) is 0 Å². The molecule has 1 aromatic carbocycles. The summed E-state index contributed by atoms with van der Waals surface area (Å²) in [5.41, 5.74) is 0.806. The normalized spacial score (nSPS) is 12.2. The first-order valence-corrected chi connectivity index (χ1v) is 6.50. The fourth-order valence-corrected chi connectivity index (χ4v) is 2.26. The lowest BCUT2D eigenvalue weighted by atomic mass is 10.1. The maximum Gasteiger partial charge on any atom is 0.169 e. The first-order valence-electron chi connectivity index (χ1n) is 5.27. The van der Waals surface area contributed by atoms with Gasteiger partial charge >= 0.3 is 0 Å². The quantitative estimate of drug-likeness (QED) is 0.779. The van der Waals surface area contributed by atoms with Crippen molar-refractivity contribution in [3.8, 4) is 11.5 Å². The smallest absolute Gasteiger partial charge is 0.169 e. The van der Waals surface area contributed by atoms with Gasteiger partial charge in [0.15, 0.2) is 4.67 Å². The summed E-state index contributed by atoms with van der Waals surface area (Å²) < 4.78 is 16.6. The molecule has 3 nitrogen and oxygen atoms in total. The van der Waals surface area contributed by atoms with Crippen LogP contribution in [0.5, 0.6) is 11.5 Å². The average Bonchev–Trinajstić information content (AvgIpc) is 2.83. The molecule has 0 radical (unpaired) electrons. The van der Waals surface area contributed by atoms with E-state index in [1.165, 1.54) is 0 Å². The lowest BCUT2D eigenvalue weighted by Gasteiger charge is -2.13. The van der Waals surface area contributed by atoms with E-state index < -0.39 is 5.38 Å². The fourth-order valence-electron chi connectivity index (χ4n) is 1.66. The van der Waals surface area contributed by atoms with E-state index in [1.807, 2.05) is 24.3 Å². The van der Waals surface area contributed by atoms with E-state index in [2.05, 4.69) is 15.9 Å². The van der Waals surface area contributed by atoms with E-state index in [0.29, 0.717) is 16.2 Å². The molecule has 0 amide bonds. The second kappa shape index (κ2) is 5.67. The van der Waals surface area contributed by atoms with Crippen LogP contribution in [0.1, 0.15) is 16.7 Å². The molecule has 5 heteroatoms. The molecule has 96 valence electrons. The van der Waals surface area contributed by atoms with Gasteiger partial charge in [-0.3, -0.25) is 0 Å². The van der Waals surface area contributed by atoms with Crippen molar-refractivity contribution in [2.24, 2.45) is 0 Å². The van der Waals surface area contributed by atoms with Crippen molar-refractivity contribution in [2.75, 3.05) is 14.2 Å². The average molecular weight is 332 g/mol. The van der Waals surface area contributed by atoms with Crippen molar-refractivity contribution < 1.29 is 13.9 Å². The predicted octanol–water partition coefficient (Wildman–Crippen LogP) is 4.39. The minimum atomic E-state index is -0.429. The number of alkyl halides is 1. The SMILES string of the molecule is COc1ccc(OC)c(C(Cl)c2ccc(Br)o2)c1. The van der Waals surface area contributed by atoms with E-state index in [1.54, 1.807) is 20.3 Å². The Hall–Kier alpha value is -1.13. The molecule has 0 bridgehead atoms. The zero-order valence-corrected chi connectivity index (χ0v) is 12.3. The van der Waals surface area contributed by atoms with Crippen LogP contribution in [0.2, 0.25) is 0 Å². The van der Waals surface area contributed by atoms with Gasteiger partial charge in [-0.15, -0.1) is 11.6 Å². The number of rotatable bonds is 4. The molecule has 18 heavy (non-hydrogen) atoms. The minimum absolute atomic E-state index is 0.429. The van der Waals surface area contributed by atoms with Crippen LogP contribution in [0.25, 0.3) is 0 Å². The van der Waals surface area contributed by atoms with Crippen molar-refractivity contribution in [3.05, 3.63) is 46.3 Å². The summed E-state index contributed by atoms with van der Waals surface area (Å²) in [7, 11) is 3.21. The minimum Gasteiger partial charge on any atom is -0.497 e. The second-order valence-electron chi connectivity index (χ2n) is 3.61. The molecular formula is C13H12BrClO3. The van der Waals surface area contributed by atoms with Gasteiger partial charge in [-0.25, -0.2) is 0 Å². The van der Waals surface area contributed by atoms with Gasteiger partial charge < -0.3 is 13.9 Å². The standard InChI is InChI=1S/C13H12BrClO3/c1-16-8-3-4-10(17-2)9(7-8)13(15)11-5-6-12(14)18-11/h3-7,13H,1-2H3. The number of hydrogen-bond donors (Lipinski definition) is 0. The van der Waals surface area contributed by atoms with Gasteiger partial charge in [-0.2, -0.15) is 0 Å². The van der Waals surface area contributed by atoms with E-state index >= 15 is 0 Å². The fraction of sp³-hybridized carbons (Fsp3) is 0.231. The van der Waals surface area contributed by atoms with Crippen molar-refractivity contribution in [1.82, 2.24) is 0 Å². The summed E-state index contributed by atoms with van der Waals surface area (Å²) in [5, 5.41) is -0.429. The molecule has 1 atom stereocenters. The maximum absolute atomic E-state index is 6.41. The first-order chi connectivity index (χ1) is 8.65. The van der Waals surface area contributed by atoms with Crippen LogP contribution in [0.3, 0.4) is 0 Å². The molecular weight excluding hydrogens is 319 g/mol. The molecule has 1 aromatic heterocycles. The monoisotopic (exact) mass is 330 g/mol. The van der Waals surface area contributed by atoms with Crippen LogP contribution in [-0.2, 0) is 0 Å². The topological polar surface area (TPSA) is 31.6 Å². The number of ether oxygens (including phenoxy) is 2. The molecule has 2 aromatic rings. The Kier molecular flexibility index (Phi) is 4.19. The Labute approximate surface area is 119 Å². The van der Waals surface area contributed by atoms with Crippen molar-refractivity contribution in [2.45, 2.75) is 5.38 Å². The molecule has 1 unspecified atom stereocenters. The van der Waals surface area contributed by atoms with Gasteiger partial charge in [-0.05, 0) is 46.3 Å². The highest BCUT2D eigenvalue weighted by Gasteiger charge is 2.19. The highest BCUT2D eigenvalue weighted by molar-refractivity contribution is 9.10. The van der Waals surface area contributed by atoms with E-state index in [9.17, 15) is 0 Å². The van der Waals surface area contributed by atoms with Crippen LogP contribution in [-0.4, -0.2) is 14.2 Å². The number of hydrogen-bond acceptors (Lipinski definition) is 3. The largest absolute Gasteiger partial charge is 0.497 e. The third-order valence-electron chi connectivity index (χ3n) is 2.55. The lowest BCUT2D eigenvalue weighted by molar-refractivity contribution is 0.397. The van der Waals surface area contributed by atoms with Crippen molar-refractivity contribution in [3.63, 3.8) is 0 Å². The van der Waals surface area contributed by atoms with Gasteiger partial charge in [0.1, 0.15) is 22.6 Å². The molecule has 0 aliphatic heterocycles. The van der Waals surface area contributed by atoms with E-state index in [-0.39, 0.29) is 0 Å². The lowest BCUT2D eigenvalue weighted by Crippen LogP contribution is -1.97. The number of benzene rings is 1. The highest BCUT2D eigenvalue weighted by atomic mass is 79.9. The third-order valence-corrected chi connectivity index (χ3v) is 3.43. The Bertz CT molecular complexity index is 539. The van der Waals surface area contributed by atoms with Crippen LogP contribution in [0.15, 0.2) is 39.4 Å². The molecule has 0 aliphatic carbocycles. The Morgan fingerprint density at radius 1 is 1.17 bits per heavy atom. The Morgan fingerprint density at radius 2 is 1.94 bits per heavy atom. The van der Waals surface area contributed by atoms with E-state index in [0.717, 1.165) is 11.3 Å². The van der Waals surface area contributed by atoms with Crippen LogP contribution < -0.4 is 9.47 Å². The summed E-state index contributed by atoms with van der Waals surface area (Å²) >= 11 is 9.66. The molecule has 0 aliphatic rings. The summed E-state index contributed by atoms with van der Waals surface area (Å²) in [4.78, 5) is 0. The van der Waals surface area contributed by atoms with Crippen molar-refractivity contribution >= 4 is 27.5 Å². The summed E-state index contributed by atoms with van der Waals surface area (Å²) in [6.45, 7) is 0. The number of furan rings is 1. The summed E-state index contributed by atoms with van der Waals surface area (Å²) in [6, 6.07) is 9.11. The summed E-state index contributed by atoms with van der Waals surface area (Å²) in [5.74, 6) is 2.07.